The van der Waals surface area contributed by atoms with Crippen molar-refractivity contribution in [2.75, 3.05) is 32.8 Å². The van der Waals surface area contributed by atoms with E-state index in [-0.39, 0.29) is 23.8 Å². The van der Waals surface area contributed by atoms with Crippen LogP contribution in [0.4, 0.5) is 0 Å². The minimum atomic E-state index is -0.117. The molecular weight excluding hydrogens is 268 g/mol. The highest BCUT2D eigenvalue weighted by molar-refractivity contribution is 5.89. The summed E-state index contributed by atoms with van der Waals surface area (Å²) in [6.45, 7) is 6.06. The number of hydrogen-bond acceptors (Lipinski definition) is 3. The molecule has 0 aliphatic carbocycles. The molecule has 0 aromatic heterocycles. The lowest BCUT2D eigenvalue weighted by molar-refractivity contribution is -0.137. The van der Waals surface area contributed by atoms with E-state index in [2.05, 4.69) is 6.92 Å². The summed E-state index contributed by atoms with van der Waals surface area (Å²) in [7, 11) is 0. The second kappa shape index (κ2) is 6.34. The molecule has 0 bridgehead atoms. The van der Waals surface area contributed by atoms with Gasteiger partial charge in [0.1, 0.15) is 0 Å². The highest BCUT2D eigenvalue weighted by Crippen LogP contribution is 2.27. The number of likely N-dealkylation sites (tertiary alicyclic amines) is 2. The quantitative estimate of drug-likeness (QED) is 0.771. The van der Waals surface area contributed by atoms with Crippen molar-refractivity contribution in [2.45, 2.75) is 45.1 Å². The van der Waals surface area contributed by atoms with E-state index in [1.807, 2.05) is 9.80 Å². The number of rotatable bonds is 2. The average molecular weight is 294 g/mol. The molecule has 2 amide bonds. The number of carbonyl (C=O) groups is 2. The van der Waals surface area contributed by atoms with Gasteiger partial charge in [0.15, 0.2) is 0 Å². The molecule has 5 heteroatoms. The van der Waals surface area contributed by atoms with Gasteiger partial charge < -0.3 is 14.5 Å². The van der Waals surface area contributed by atoms with Gasteiger partial charge in [-0.2, -0.15) is 0 Å². The molecule has 0 radical (unpaired) electrons. The van der Waals surface area contributed by atoms with E-state index in [0.29, 0.717) is 13.0 Å². The van der Waals surface area contributed by atoms with Crippen molar-refractivity contribution in [2.24, 2.45) is 11.8 Å². The fourth-order valence-corrected chi connectivity index (χ4v) is 3.73. The standard InChI is InChI=1S/C16H26N2O3/c1-12-2-6-17(7-3-12)16(20)13-10-15(19)18(11-13)14-4-8-21-9-5-14/h12-14H,2-11H2,1H3. The molecule has 0 aromatic rings. The van der Waals surface area contributed by atoms with Gasteiger partial charge in [-0.25, -0.2) is 0 Å². The van der Waals surface area contributed by atoms with Gasteiger partial charge in [-0.15, -0.1) is 0 Å². The molecule has 3 heterocycles. The maximum absolute atomic E-state index is 12.6. The topological polar surface area (TPSA) is 49.9 Å². The number of hydrogen-bond donors (Lipinski definition) is 0. The average Bonchev–Trinajstić information content (AvgIpc) is 2.90. The maximum atomic E-state index is 12.6. The van der Waals surface area contributed by atoms with Gasteiger partial charge in [0.25, 0.3) is 0 Å². The highest BCUT2D eigenvalue weighted by Gasteiger charge is 2.40. The highest BCUT2D eigenvalue weighted by atomic mass is 16.5. The van der Waals surface area contributed by atoms with Crippen molar-refractivity contribution in [3.8, 4) is 0 Å². The molecule has 3 rings (SSSR count). The Morgan fingerprint density at radius 3 is 2.48 bits per heavy atom. The Balaban J connectivity index is 1.57. The summed E-state index contributed by atoms with van der Waals surface area (Å²) in [5, 5.41) is 0. The Kier molecular flexibility index (Phi) is 4.48. The van der Waals surface area contributed by atoms with E-state index in [9.17, 15) is 9.59 Å². The van der Waals surface area contributed by atoms with Gasteiger partial charge in [0, 0.05) is 45.3 Å². The second-order valence-electron chi connectivity index (χ2n) is 6.80. The summed E-state index contributed by atoms with van der Waals surface area (Å²) >= 11 is 0. The third-order valence-corrected chi connectivity index (χ3v) is 5.23. The SMILES string of the molecule is CC1CCN(C(=O)C2CC(=O)N(C3CCOCC3)C2)CC1. The normalized spacial score (nSPS) is 29.2. The maximum Gasteiger partial charge on any atom is 0.227 e. The molecule has 1 unspecified atom stereocenters. The lowest BCUT2D eigenvalue weighted by atomic mass is 9.97. The van der Waals surface area contributed by atoms with Crippen molar-refractivity contribution < 1.29 is 14.3 Å². The zero-order valence-corrected chi connectivity index (χ0v) is 12.9. The lowest BCUT2D eigenvalue weighted by Gasteiger charge is -2.33. The first-order valence-corrected chi connectivity index (χ1v) is 8.31. The number of amides is 2. The lowest BCUT2D eigenvalue weighted by Crippen LogP contribution is -2.43. The van der Waals surface area contributed by atoms with Crippen molar-refractivity contribution >= 4 is 11.8 Å². The van der Waals surface area contributed by atoms with Crippen LogP contribution in [0.3, 0.4) is 0 Å². The molecule has 0 N–H and O–H groups in total. The van der Waals surface area contributed by atoms with E-state index in [4.69, 9.17) is 4.74 Å². The molecular formula is C16H26N2O3. The molecule has 0 spiro atoms. The van der Waals surface area contributed by atoms with E-state index in [0.717, 1.165) is 57.9 Å². The van der Waals surface area contributed by atoms with Gasteiger partial charge in [-0.05, 0) is 31.6 Å². The van der Waals surface area contributed by atoms with Gasteiger partial charge in [-0.1, -0.05) is 6.92 Å². The van der Waals surface area contributed by atoms with Crippen LogP contribution in [-0.4, -0.2) is 60.5 Å². The van der Waals surface area contributed by atoms with Crippen LogP contribution in [0, 0.1) is 11.8 Å². The molecule has 21 heavy (non-hydrogen) atoms. The minimum Gasteiger partial charge on any atom is -0.381 e. The number of nitrogens with zero attached hydrogens (tertiary/aromatic N) is 2. The monoisotopic (exact) mass is 294 g/mol. The van der Waals surface area contributed by atoms with Crippen LogP contribution < -0.4 is 0 Å². The van der Waals surface area contributed by atoms with E-state index in [1.165, 1.54) is 0 Å². The van der Waals surface area contributed by atoms with Crippen LogP contribution in [0.2, 0.25) is 0 Å². The van der Waals surface area contributed by atoms with Crippen molar-refractivity contribution in [3.05, 3.63) is 0 Å². The van der Waals surface area contributed by atoms with Crippen LogP contribution in [0.15, 0.2) is 0 Å². The minimum absolute atomic E-state index is 0.117. The summed E-state index contributed by atoms with van der Waals surface area (Å²) in [4.78, 5) is 28.8. The fraction of sp³-hybridized carbons (Fsp3) is 0.875. The number of piperidine rings is 1. The molecule has 3 fully saturated rings. The van der Waals surface area contributed by atoms with Crippen LogP contribution in [0.1, 0.15) is 39.0 Å². The Hall–Kier alpha value is -1.10. The summed E-state index contributed by atoms with van der Waals surface area (Å²) in [5.41, 5.74) is 0. The largest absolute Gasteiger partial charge is 0.381 e. The molecule has 118 valence electrons. The molecule has 0 aromatic carbocycles. The summed E-state index contributed by atoms with van der Waals surface area (Å²) in [5.74, 6) is 0.960. The molecule has 3 aliphatic rings. The van der Waals surface area contributed by atoms with Gasteiger partial charge in [-0.3, -0.25) is 9.59 Å². The summed E-state index contributed by atoms with van der Waals surface area (Å²) in [6.07, 6.45) is 4.41. The van der Waals surface area contributed by atoms with Crippen LogP contribution in [0.5, 0.6) is 0 Å². The number of carbonyl (C=O) groups excluding carboxylic acids is 2. The predicted octanol–water partition coefficient (Wildman–Crippen LogP) is 1.27. The zero-order chi connectivity index (χ0) is 14.8. The van der Waals surface area contributed by atoms with E-state index in [1.54, 1.807) is 0 Å². The van der Waals surface area contributed by atoms with Gasteiger partial charge in [0.2, 0.25) is 11.8 Å². The molecule has 1 atom stereocenters. The summed E-state index contributed by atoms with van der Waals surface area (Å²) in [6, 6.07) is 0.283. The molecule has 5 nitrogen and oxygen atoms in total. The predicted molar refractivity (Wildman–Crippen MR) is 78.6 cm³/mol. The Bertz CT molecular complexity index is 398. The van der Waals surface area contributed by atoms with Gasteiger partial charge >= 0.3 is 0 Å². The van der Waals surface area contributed by atoms with E-state index >= 15 is 0 Å². The third-order valence-electron chi connectivity index (χ3n) is 5.23. The summed E-state index contributed by atoms with van der Waals surface area (Å²) < 4.78 is 5.36. The number of ether oxygens (including phenoxy) is 1. The first-order valence-electron chi connectivity index (χ1n) is 8.31. The molecule has 3 saturated heterocycles. The first-order chi connectivity index (χ1) is 10.1. The molecule has 3 aliphatic heterocycles. The Morgan fingerprint density at radius 2 is 1.81 bits per heavy atom. The second-order valence-corrected chi connectivity index (χ2v) is 6.80. The van der Waals surface area contributed by atoms with Crippen molar-refractivity contribution in [3.63, 3.8) is 0 Å². The van der Waals surface area contributed by atoms with E-state index < -0.39 is 0 Å². The van der Waals surface area contributed by atoms with Crippen LogP contribution in [0.25, 0.3) is 0 Å². The third kappa shape index (κ3) is 3.23. The molecule has 0 saturated carbocycles. The zero-order valence-electron chi connectivity index (χ0n) is 12.9. The Labute approximate surface area is 126 Å². The Morgan fingerprint density at radius 1 is 1.14 bits per heavy atom. The van der Waals surface area contributed by atoms with Crippen LogP contribution >= 0.6 is 0 Å². The smallest absolute Gasteiger partial charge is 0.227 e. The van der Waals surface area contributed by atoms with Crippen LogP contribution in [-0.2, 0) is 14.3 Å². The van der Waals surface area contributed by atoms with Gasteiger partial charge in [0.05, 0.1) is 5.92 Å². The fourth-order valence-electron chi connectivity index (χ4n) is 3.73. The van der Waals surface area contributed by atoms with Crippen molar-refractivity contribution in [1.29, 1.82) is 0 Å². The van der Waals surface area contributed by atoms with Crippen molar-refractivity contribution in [1.82, 2.24) is 9.80 Å². The first kappa shape index (κ1) is 14.8.